The molecule has 0 unspecified atom stereocenters. The summed E-state index contributed by atoms with van der Waals surface area (Å²) >= 11 is 1.51. The predicted octanol–water partition coefficient (Wildman–Crippen LogP) is 2.17. The Labute approximate surface area is 121 Å². The van der Waals surface area contributed by atoms with E-state index in [1.807, 2.05) is 19.9 Å². The third-order valence-electron chi connectivity index (χ3n) is 3.45. The maximum absolute atomic E-state index is 9.16. The van der Waals surface area contributed by atoms with Crippen molar-refractivity contribution in [2.75, 3.05) is 17.2 Å². The van der Waals surface area contributed by atoms with Crippen molar-refractivity contribution in [3.8, 4) is 6.07 Å². The summed E-state index contributed by atoms with van der Waals surface area (Å²) in [7, 11) is 0. The molecule has 2 N–H and O–H groups in total. The largest absolute Gasteiger partial charge is 0.389 e. The molecule has 1 aliphatic heterocycles. The number of hydrogen-bond donors (Lipinski definition) is 1. The van der Waals surface area contributed by atoms with Gasteiger partial charge < -0.3 is 10.6 Å². The standard InChI is InChI=1S/C14H15N5S/c1-8-5-9(2)18-14(17-8)19-4-3-10-11(6-15)13(16)20-12(10)7-19/h5H,3-4,7,16H2,1-2H3. The summed E-state index contributed by atoms with van der Waals surface area (Å²) in [6.45, 7) is 5.50. The summed E-state index contributed by atoms with van der Waals surface area (Å²) < 4.78 is 0. The number of aromatic nitrogens is 2. The molecule has 0 radical (unpaired) electrons. The highest BCUT2D eigenvalue weighted by molar-refractivity contribution is 7.16. The Morgan fingerprint density at radius 2 is 2.05 bits per heavy atom. The van der Waals surface area contributed by atoms with E-state index in [0.29, 0.717) is 10.6 Å². The first-order chi connectivity index (χ1) is 9.58. The first kappa shape index (κ1) is 12.9. The molecule has 0 saturated carbocycles. The number of aryl methyl sites for hydroxylation is 2. The fourth-order valence-electron chi connectivity index (χ4n) is 2.57. The Kier molecular flexibility index (Phi) is 3.07. The van der Waals surface area contributed by atoms with E-state index in [1.165, 1.54) is 11.3 Å². The van der Waals surface area contributed by atoms with Gasteiger partial charge in [-0.3, -0.25) is 0 Å². The number of nitrogens with zero attached hydrogens (tertiary/aromatic N) is 4. The lowest BCUT2D eigenvalue weighted by atomic mass is 10.0. The molecule has 3 heterocycles. The summed E-state index contributed by atoms with van der Waals surface area (Å²) in [5.41, 5.74) is 9.62. The van der Waals surface area contributed by atoms with Crippen LogP contribution in [0.3, 0.4) is 0 Å². The van der Waals surface area contributed by atoms with Gasteiger partial charge in [0.15, 0.2) is 0 Å². The topological polar surface area (TPSA) is 78.8 Å². The number of nitrogens with two attached hydrogens (primary N) is 1. The van der Waals surface area contributed by atoms with E-state index >= 15 is 0 Å². The molecule has 5 nitrogen and oxygen atoms in total. The van der Waals surface area contributed by atoms with E-state index in [-0.39, 0.29) is 0 Å². The Morgan fingerprint density at radius 3 is 2.70 bits per heavy atom. The molecule has 0 aromatic carbocycles. The van der Waals surface area contributed by atoms with E-state index in [0.717, 1.165) is 47.3 Å². The number of thiophene rings is 1. The first-order valence-electron chi connectivity index (χ1n) is 6.46. The highest BCUT2D eigenvalue weighted by Crippen LogP contribution is 2.35. The van der Waals surface area contributed by atoms with Gasteiger partial charge in [-0.05, 0) is 31.9 Å². The van der Waals surface area contributed by atoms with Crippen LogP contribution in [0, 0.1) is 25.2 Å². The van der Waals surface area contributed by atoms with Gasteiger partial charge in [-0.15, -0.1) is 11.3 Å². The average molecular weight is 285 g/mol. The summed E-state index contributed by atoms with van der Waals surface area (Å²) in [6.07, 6.45) is 0.822. The molecule has 0 spiro atoms. The molecular formula is C14H15N5S. The second-order valence-electron chi connectivity index (χ2n) is 4.98. The number of fused-ring (bicyclic) bond motifs is 1. The zero-order valence-electron chi connectivity index (χ0n) is 11.5. The Morgan fingerprint density at radius 1 is 1.35 bits per heavy atom. The molecule has 0 bridgehead atoms. The summed E-state index contributed by atoms with van der Waals surface area (Å²) in [5.74, 6) is 0.763. The van der Waals surface area contributed by atoms with Gasteiger partial charge in [-0.2, -0.15) is 5.26 Å². The monoisotopic (exact) mass is 285 g/mol. The zero-order chi connectivity index (χ0) is 14.3. The van der Waals surface area contributed by atoms with Crippen molar-refractivity contribution in [1.82, 2.24) is 9.97 Å². The third kappa shape index (κ3) is 2.10. The molecule has 2 aromatic heterocycles. The molecule has 6 heteroatoms. The molecule has 102 valence electrons. The van der Waals surface area contributed by atoms with Crippen molar-refractivity contribution < 1.29 is 0 Å². The molecule has 0 amide bonds. The minimum atomic E-state index is 0.626. The van der Waals surface area contributed by atoms with Crippen molar-refractivity contribution in [2.45, 2.75) is 26.8 Å². The van der Waals surface area contributed by atoms with Crippen LogP contribution in [0.2, 0.25) is 0 Å². The van der Waals surface area contributed by atoms with E-state index in [1.54, 1.807) is 0 Å². The summed E-state index contributed by atoms with van der Waals surface area (Å²) in [5, 5.41) is 9.78. The number of anilines is 2. The van der Waals surface area contributed by atoms with Crippen molar-refractivity contribution in [2.24, 2.45) is 0 Å². The molecule has 2 aromatic rings. The van der Waals surface area contributed by atoms with Crippen LogP contribution in [0.15, 0.2) is 6.07 Å². The van der Waals surface area contributed by atoms with Crippen molar-refractivity contribution in [3.05, 3.63) is 33.5 Å². The molecule has 0 saturated heterocycles. The van der Waals surface area contributed by atoms with Gasteiger partial charge in [-0.1, -0.05) is 0 Å². The van der Waals surface area contributed by atoms with E-state index in [9.17, 15) is 0 Å². The van der Waals surface area contributed by atoms with Gasteiger partial charge in [0, 0.05) is 22.8 Å². The number of nitriles is 1. The van der Waals surface area contributed by atoms with Gasteiger partial charge in [0.05, 0.1) is 12.1 Å². The minimum Gasteiger partial charge on any atom is -0.389 e. The molecule has 1 aliphatic rings. The van der Waals surface area contributed by atoms with E-state index < -0.39 is 0 Å². The van der Waals surface area contributed by atoms with Crippen LogP contribution < -0.4 is 10.6 Å². The van der Waals surface area contributed by atoms with Crippen LogP contribution in [0.1, 0.15) is 27.4 Å². The number of rotatable bonds is 1. The van der Waals surface area contributed by atoms with E-state index in [2.05, 4.69) is 20.9 Å². The average Bonchev–Trinajstić information content (AvgIpc) is 2.71. The smallest absolute Gasteiger partial charge is 0.226 e. The van der Waals surface area contributed by atoms with Crippen molar-refractivity contribution >= 4 is 22.3 Å². The van der Waals surface area contributed by atoms with Gasteiger partial charge in [0.1, 0.15) is 11.1 Å². The lowest BCUT2D eigenvalue weighted by Gasteiger charge is -2.27. The Hall–Kier alpha value is -2.13. The van der Waals surface area contributed by atoms with E-state index in [4.69, 9.17) is 11.0 Å². The molecule has 20 heavy (non-hydrogen) atoms. The summed E-state index contributed by atoms with van der Waals surface area (Å²) in [6, 6.07) is 4.18. The van der Waals surface area contributed by atoms with Gasteiger partial charge in [0.25, 0.3) is 0 Å². The molecule has 0 aliphatic carbocycles. The first-order valence-corrected chi connectivity index (χ1v) is 7.27. The van der Waals surface area contributed by atoms with Crippen LogP contribution in [-0.2, 0) is 13.0 Å². The van der Waals surface area contributed by atoms with Crippen LogP contribution in [-0.4, -0.2) is 16.5 Å². The lowest BCUT2D eigenvalue weighted by molar-refractivity contribution is 0.713. The molecule has 0 atom stereocenters. The third-order valence-corrected chi connectivity index (χ3v) is 4.50. The minimum absolute atomic E-state index is 0.626. The van der Waals surface area contributed by atoms with Crippen LogP contribution in [0.4, 0.5) is 10.9 Å². The summed E-state index contributed by atoms with van der Waals surface area (Å²) in [4.78, 5) is 12.3. The highest BCUT2D eigenvalue weighted by Gasteiger charge is 2.24. The van der Waals surface area contributed by atoms with Crippen molar-refractivity contribution in [1.29, 1.82) is 5.26 Å². The predicted molar refractivity (Wildman–Crippen MR) is 79.7 cm³/mol. The van der Waals surface area contributed by atoms with Crippen LogP contribution in [0.25, 0.3) is 0 Å². The Bertz CT molecular complexity index is 693. The quantitative estimate of drug-likeness (QED) is 0.868. The maximum atomic E-state index is 9.16. The van der Waals surface area contributed by atoms with Crippen molar-refractivity contribution in [3.63, 3.8) is 0 Å². The van der Waals surface area contributed by atoms with Crippen LogP contribution in [0.5, 0.6) is 0 Å². The van der Waals surface area contributed by atoms with Gasteiger partial charge in [0.2, 0.25) is 5.95 Å². The Balaban J connectivity index is 1.95. The zero-order valence-corrected chi connectivity index (χ0v) is 12.3. The second-order valence-corrected chi connectivity index (χ2v) is 6.11. The molecule has 0 fully saturated rings. The lowest BCUT2D eigenvalue weighted by Crippen LogP contribution is -2.31. The van der Waals surface area contributed by atoms with Gasteiger partial charge >= 0.3 is 0 Å². The molecular weight excluding hydrogens is 270 g/mol. The number of hydrogen-bond acceptors (Lipinski definition) is 6. The SMILES string of the molecule is Cc1cc(C)nc(N2CCc3c(sc(N)c3C#N)C2)n1. The molecule has 3 rings (SSSR count). The number of nitrogen functional groups attached to an aromatic ring is 1. The second kappa shape index (κ2) is 4.76. The maximum Gasteiger partial charge on any atom is 0.226 e. The van der Waals surface area contributed by atoms with Crippen LogP contribution >= 0.6 is 11.3 Å². The fourth-order valence-corrected chi connectivity index (χ4v) is 3.65. The fraction of sp³-hybridized carbons (Fsp3) is 0.357. The normalized spacial score (nSPS) is 13.9. The highest BCUT2D eigenvalue weighted by atomic mass is 32.1. The van der Waals surface area contributed by atoms with Gasteiger partial charge in [-0.25, -0.2) is 9.97 Å².